The summed E-state index contributed by atoms with van der Waals surface area (Å²) in [6, 6.07) is 7.40. The second-order valence-electron chi connectivity index (χ2n) is 8.69. The summed E-state index contributed by atoms with van der Waals surface area (Å²) in [6.07, 6.45) is 12.0. The van der Waals surface area contributed by atoms with Gasteiger partial charge in [0.25, 0.3) is 0 Å². The highest BCUT2D eigenvalue weighted by Gasteiger charge is 2.16. The number of unbranched alkanes of at least 4 members (excludes halogenated alkanes) is 3. The number of hydrogen-bond donors (Lipinski definition) is 2. The summed E-state index contributed by atoms with van der Waals surface area (Å²) < 4.78 is 10.9. The Morgan fingerprint density at radius 2 is 1.94 bits per heavy atom. The van der Waals surface area contributed by atoms with Gasteiger partial charge in [-0.2, -0.15) is 5.26 Å². The fraction of sp³-hybridized carbons (Fsp3) is 0.538. The number of anilines is 1. The standard InChI is InChI=1S/C26H37N7O3/c27-22-30-26(31-23-9-12-28-13-10-23)29-11-4-2-1-3-8-25(34)33(21-24-7-5-18-36-24)15-6-14-32-16-19-35-20-17-32/h5,7,9-10,12-13,18H,1-4,6,8,11,14-17,19-21H2,(H2,28,29,30,31). The van der Waals surface area contributed by atoms with Crippen LogP contribution >= 0.6 is 0 Å². The summed E-state index contributed by atoms with van der Waals surface area (Å²) in [5.41, 5.74) is 0.814. The number of pyridine rings is 1. The van der Waals surface area contributed by atoms with Gasteiger partial charge in [0.05, 0.1) is 26.0 Å². The highest BCUT2D eigenvalue weighted by Crippen LogP contribution is 2.12. The number of morpholine rings is 1. The van der Waals surface area contributed by atoms with Gasteiger partial charge in [-0.25, -0.2) is 0 Å². The van der Waals surface area contributed by atoms with E-state index >= 15 is 0 Å². The zero-order valence-electron chi connectivity index (χ0n) is 20.9. The average Bonchev–Trinajstić information content (AvgIpc) is 3.42. The van der Waals surface area contributed by atoms with E-state index in [1.54, 1.807) is 18.7 Å². The molecule has 0 aliphatic carbocycles. The first-order valence-corrected chi connectivity index (χ1v) is 12.7. The number of nitrogens with zero attached hydrogens (tertiary/aromatic N) is 5. The van der Waals surface area contributed by atoms with Gasteiger partial charge in [-0.05, 0) is 43.5 Å². The lowest BCUT2D eigenvalue weighted by Gasteiger charge is -2.28. The van der Waals surface area contributed by atoms with Crippen LogP contribution in [0.3, 0.4) is 0 Å². The Morgan fingerprint density at radius 1 is 1.14 bits per heavy atom. The Kier molecular flexibility index (Phi) is 12.3. The Labute approximate surface area is 213 Å². The van der Waals surface area contributed by atoms with E-state index in [1.807, 2.05) is 35.4 Å². The molecule has 0 aromatic carbocycles. The topological polar surface area (TPSA) is 119 Å². The molecule has 10 nitrogen and oxygen atoms in total. The predicted molar refractivity (Wildman–Crippen MR) is 138 cm³/mol. The van der Waals surface area contributed by atoms with Crippen LogP contribution in [-0.4, -0.2) is 72.6 Å². The molecule has 1 aliphatic rings. The molecule has 0 bridgehead atoms. The van der Waals surface area contributed by atoms with E-state index in [1.165, 1.54) is 0 Å². The van der Waals surface area contributed by atoms with E-state index in [9.17, 15) is 4.79 Å². The van der Waals surface area contributed by atoms with Crippen LogP contribution in [0.2, 0.25) is 0 Å². The molecule has 1 fully saturated rings. The van der Waals surface area contributed by atoms with E-state index < -0.39 is 0 Å². The summed E-state index contributed by atoms with van der Waals surface area (Å²) in [6.45, 7) is 6.32. The van der Waals surface area contributed by atoms with E-state index in [-0.39, 0.29) is 5.91 Å². The molecule has 3 heterocycles. The van der Waals surface area contributed by atoms with Crippen molar-refractivity contribution in [1.29, 1.82) is 5.26 Å². The van der Waals surface area contributed by atoms with Crippen molar-refractivity contribution in [2.75, 3.05) is 51.3 Å². The van der Waals surface area contributed by atoms with Crippen molar-refractivity contribution in [3.05, 3.63) is 48.7 Å². The molecule has 0 atom stereocenters. The normalized spacial score (nSPS) is 14.2. The predicted octanol–water partition coefficient (Wildman–Crippen LogP) is 3.21. The first-order chi connectivity index (χ1) is 17.7. The molecule has 0 unspecified atom stereocenters. The summed E-state index contributed by atoms with van der Waals surface area (Å²) in [7, 11) is 0. The smallest absolute Gasteiger partial charge is 0.222 e. The van der Waals surface area contributed by atoms with E-state index in [4.69, 9.17) is 14.4 Å². The third-order valence-corrected chi connectivity index (χ3v) is 5.97. The van der Waals surface area contributed by atoms with Gasteiger partial charge in [-0.3, -0.25) is 25.0 Å². The van der Waals surface area contributed by atoms with Crippen molar-refractivity contribution in [2.45, 2.75) is 45.1 Å². The van der Waals surface area contributed by atoms with E-state index in [0.29, 0.717) is 25.5 Å². The van der Waals surface area contributed by atoms with E-state index in [2.05, 4.69) is 25.5 Å². The Morgan fingerprint density at radius 3 is 2.69 bits per heavy atom. The van der Waals surface area contributed by atoms with Gasteiger partial charge >= 0.3 is 0 Å². The van der Waals surface area contributed by atoms with Crippen LogP contribution in [0, 0.1) is 11.5 Å². The number of guanidine groups is 1. The Hall–Kier alpha value is -3.42. The summed E-state index contributed by atoms with van der Waals surface area (Å²) >= 11 is 0. The number of furan rings is 1. The molecule has 2 aromatic heterocycles. The first-order valence-electron chi connectivity index (χ1n) is 12.7. The van der Waals surface area contributed by atoms with Gasteiger partial charge in [0.2, 0.25) is 11.9 Å². The number of nitriles is 1. The highest BCUT2D eigenvalue weighted by molar-refractivity contribution is 5.94. The average molecular weight is 496 g/mol. The quantitative estimate of drug-likeness (QED) is 0.135. The second-order valence-corrected chi connectivity index (χ2v) is 8.69. The third-order valence-electron chi connectivity index (χ3n) is 5.97. The zero-order valence-corrected chi connectivity index (χ0v) is 20.9. The maximum absolute atomic E-state index is 13.0. The van der Waals surface area contributed by atoms with Crippen LogP contribution in [0.5, 0.6) is 0 Å². The van der Waals surface area contributed by atoms with Gasteiger partial charge in [-0.15, -0.1) is 0 Å². The van der Waals surface area contributed by atoms with Crippen LogP contribution in [0.15, 0.2) is 52.3 Å². The lowest BCUT2D eigenvalue weighted by Crippen LogP contribution is -2.39. The van der Waals surface area contributed by atoms with Crippen LogP contribution in [0.1, 0.15) is 44.3 Å². The minimum Gasteiger partial charge on any atom is -0.467 e. The summed E-state index contributed by atoms with van der Waals surface area (Å²) in [4.78, 5) is 25.7. The van der Waals surface area contributed by atoms with Gasteiger partial charge < -0.3 is 19.4 Å². The molecule has 2 aromatic rings. The molecule has 1 amide bonds. The van der Waals surface area contributed by atoms with Crippen molar-refractivity contribution in [3.63, 3.8) is 0 Å². The van der Waals surface area contributed by atoms with Gasteiger partial charge in [-0.1, -0.05) is 12.8 Å². The maximum Gasteiger partial charge on any atom is 0.222 e. The monoisotopic (exact) mass is 495 g/mol. The van der Waals surface area contributed by atoms with Crippen molar-refractivity contribution >= 4 is 17.6 Å². The van der Waals surface area contributed by atoms with Crippen LogP contribution in [0.25, 0.3) is 0 Å². The molecule has 0 saturated carbocycles. The fourth-order valence-electron chi connectivity index (χ4n) is 4.02. The number of carbonyl (C=O) groups excluding carboxylic acids is 1. The number of aliphatic imine (C=N–C) groups is 1. The van der Waals surface area contributed by atoms with Crippen molar-refractivity contribution in [1.82, 2.24) is 20.1 Å². The second kappa shape index (κ2) is 16.3. The van der Waals surface area contributed by atoms with E-state index in [0.717, 1.165) is 82.9 Å². The van der Waals surface area contributed by atoms with Gasteiger partial charge in [0, 0.05) is 57.2 Å². The molecule has 10 heteroatoms. The number of carbonyl (C=O) groups is 1. The molecule has 36 heavy (non-hydrogen) atoms. The molecule has 0 spiro atoms. The largest absolute Gasteiger partial charge is 0.467 e. The van der Waals surface area contributed by atoms with Gasteiger partial charge in [0.1, 0.15) is 5.76 Å². The zero-order chi connectivity index (χ0) is 25.3. The number of amides is 1. The van der Waals surface area contributed by atoms with Crippen LogP contribution in [0.4, 0.5) is 5.69 Å². The maximum atomic E-state index is 13.0. The molecule has 1 saturated heterocycles. The van der Waals surface area contributed by atoms with Crippen molar-refractivity contribution in [3.8, 4) is 6.19 Å². The summed E-state index contributed by atoms with van der Waals surface area (Å²) in [5, 5.41) is 14.6. The number of rotatable bonds is 14. The number of nitrogens with one attached hydrogen (secondary N) is 2. The molecular weight excluding hydrogens is 458 g/mol. The fourth-order valence-corrected chi connectivity index (χ4v) is 4.02. The Bertz CT molecular complexity index is 938. The number of ether oxygens (including phenoxy) is 1. The van der Waals surface area contributed by atoms with Gasteiger partial charge in [0.15, 0.2) is 6.19 Å². The molecular formula is C26H37N7O3. The lowest BCUT2D eigenvalue weighted by atomic mass is 10.1. The SMILES string of the molecule is N#CNC(=NCCCCCCC(=O)N(CCCN1CCOCC1)Cc1ccco1)Nc1ccncc1. The van der Waals surface area contributed by atoms with Crippen molar-refractivity contribution in [2.24, 2.45) is 4.99 Å². The molecule has 194 valence electrons. The molecule has 2 N–H and O–H groups in total. The minimum atomic E-state index is 0.174. The number of aromatic nitrogens is 1. The third kappa shape index (κ3) is 10.5. The number of hydrogen-bond acceptors (Lipinski definition) is 7. The van der Waals surface area contributed by atoms with Crippen molar-refractivity contribution < 1.29 is 13.9 Å². The van der Waals surface area contributed by atoms with Crippen LogP contribution in [-0.2, 0) is 16.1 Å². The Balaban J connectivity index is 1.35. The van der Waals surface area contributed by atoms with Crippen LogP contribution < -0.4 is 10.6 Å². The first kappa shape index (κ1) is 27.2. The molecule has 3 rings (SSSR count). The minimum absolute atomic E-state index is 0.174. The molecule has 1 aliphatic heterocycles. The summed E-state index contributed by atoms with van der Waals surface area (Å²) in [5.74, 6) is 1.41. The lowest BCUT2D eigenvalue weighted by molar-refractivity contribution is -0.132. The molecule has 0 radical (unpaired) electrons. The highest BCUT2D eigenvalue weighted by atomic mass is 16.5.